The second kappa shape index (κ2) is 4.94. The summed E-state index contributed by atoms with van der Waals surface area (Å²) in [7, 11) is 0. The molecule has 1 saturated heterocycles. The number of rotatable bonds is 4. The molecule has 1 rings (SSSR count). The molecule has 0 aromatic carbocycles. The zero-order valence-electron chi connectivity index (χ0n) is 9.91. The average Bonchev–Trinajstić information content (AvgIpc) is 2.46. The average molecular weight is 216 g/mol. The van der Waals surface area contributed by atoms with Crippen molar-refractivity contribution in [1.29, 1.82) is 0 Å². The Morgan fingerprint density at radius 3 is 2.73 bits per heavy atom. The molecular weight excluding hydrogens is 196 g/mol. The second-order valence-corrected chi connectivity index (χ2v) is 4.35. The first-order valence-corrected chi connectivity index (χ1v) is 5.42. The summed E-state index contributed by atoms with van der Waals surface area (Å²) in [6.07, 6.45) is 0.377. The van der Waals surface area contributed by atoms with Crippen LogP contribution in [0.2, 0.25) is 0 Å². The lowest BCUT2D eigenvalue weighted by Gasteiger charge is -2.20. The van der Waals surface area contributed by atoms with Crippen molar-refractivity contribution < 1.29 is 19.0 Å². The molecule has 88 valence electrons. The first-order valence-electron chi connectivity index (χ1n) is 5.42. The first-order chi connectivity index (χ1) is 6.94. The van der Waals surface area contributed by atoms with E-state index in [-0.39, 0.29) is 18.0 Å². The van der Waals surface area contributed by atoms with Gasteiger partial charge in [0.25, 0.3) is 0 Å². The molecule has 0 unspecified atom stereocenters. The third kappa shape index (κ3) is 3.80. The Hall–Kier alpha value is -0.610. The summed E-state index contributed by atoms with van der Waals surface area (Å²) < 4.78 is 16.0. The Bertz CT molecular complexity index is 225. The van der Waals surface area contributed by atoms with Gasteiger partial charge in [-0.15, -0.1) is 0 Å². The van der Waals surface area contributed by atoms with Crippen molar-refractivity contribution in [3.05, 3.63) is 0 Å². The van der Waals surface area contributed by atoms with Gasteiger partial charge in [0.2, 0.25) is 0 Å². The van der Waals surface area contributed by atoms with Gasteiger partial charge >= 0.3 is 5.97 Å². The van der Waals surface area contributed by atoms with E-state index < -0.39 is 5.79 Å². The lowest BCUT2D eigenvalue weighted by Crippen LogP contribution is -2.27. The third-order valence-electron chi connectivity index (χ3n) is 2.46. The molecule has 1 aliphatic heterocycles. The number of ether oxygens (including phenoxy) is 3. The molecule has 4 heteroatoms. The lowest BCUT2D eigenvalue weighted by atomic mass is 10.0. The molecule has 0 N–H and O–H groups in total. The van der Waals surface area contributed by atoms with Crippen LogP contribution in [0.15, 0.2) is 0 Å². The largest absolute Gasteiger partial charge is 0.466 e. The van der Waals surface area contributed by atoms with Gasteiger partial charge in [0, 0.05) is 0 Å². The smallest absolute Gasteiger partial charge is 0.306 e. The maximum Gasteiger partial charge on any atom is 0.306 e. The molecule has 1 heterocycles. The minimum atomic E-state index is -0.520. The Balaban J connectivity index is 2.35. The van der Waals surface area contributed by atoms with Crippen LogP contribution < -0.4 is 0 Å². The molecule has 15 heavy (non-hydrogen) atoms. The van der Waals surface area contributed by atoms with Crippen molar-refractivity contribution >= 4 is 5.97 Å². The highest BCUT2D eigenvalue weighted by molar-refractivity contribution is 5.69. The van der Waals surface area contributed by atoms with Gasteiger partial charge in [-0.2, -0.15) is 0 Å². The zero-order chi connectivity index (χ0) is 11.5. The van der Waals surface area contributed by atoms with Gasteiger partial charge in [-0.25, -0.2) is 0 Å². The molecule has 2 atom stereocenters. The van der Waals surface area contributed by atoms with Crippen LogP contribution in [-0.4, -0.2) is 31.1 Å². The maximum absolute atomic E-state index is 11.3. The molecule has 0 amide bonds. The van der Waals surface area contributed by atoms with Crippen LogP contribution in [0.4, 0.5) is 0 Å². The highest BCUT2D eigenvalue weighted by Gasteiger charge is 2.36. The molecule has 1 fully saturated rings. The molecular formula is C11H20O4. The van der Waals surface area contributed by atoms with Crippen LogP contribution in [0.3, 0.4) is 0 Å². The van der Waals surface area contributed by atoms with Crippen LogP contribution in [0.25, 0.3) is 0 Å². The predicted molar refractivity (Wildman–Crippen MR) is 55.3 cm³/mol. The topological polar surface area (TPSA) is 44.8 Å². The van der Waals surface area contributed by atoms with E-state index in [1.165, 1.54) is 0 Å². The lowest BCUT2D eigenvalue weighted by molar-refractivity contribution is -0.152. The van der Waals surface area contributed by atoms with E-state index in [1.54, 1.807) is 6.92 Å². The van der Waals surface area contributed by atoms with Crippen molar-refractivity contribution in [3.8, 4) is 0 Å². The van der Waals surface area contributed by atoms with Crippen LogP contribution in [0.1, 0.15) is 34.1 Å². The van der Waals surface area contributed by atoms with E-state index in [0.717, 1.165) is 0 Å². The van der Waals surface area contributed by atoms with Crippen molar-refractivity contribution in [3.63, 3.8) is 0 Å². The molecule has 0 radical (unpaired) electrons. The number of hydrogen-bond donors (Lipinski definition) is 0. The van der Waals surface area contributed by atoms with Gasteiger partial charge in [-0.3, -0.25) is 4.79 Å². The van der Waals surface area contributed by atoms with Crippen molar-refractivity contribution in [2.24, 2.45) is 5.92 Å². The summed E-state index contributed by atoms with van der Waals surface area (Å²) in [4.78, 5) is 11.3. The van der Waals surface area contributed by atoms with E-state index in [2.05, 4.69) is 0 Å². The minimum absolute atomic E-state index is 0.00981. The molecule has 0 spiro atoms. The van der Waals surface area contributed by atoms with Gasteiger partial charge in [0.05, 0.1) is 25.7 Å². The third-order valence-corrected chi connectivity index (χ3v) is 2.46. The SMILES string of the molecule is CCOC(=O)C[C@@H](C)[C@H]1COC(C)(C)O1. The number of carbonyl (C=O) groups excluding carboxylic acids is 1. The Morgan fingerprint density at radius 1 is 1.60 bits per heavy atom. The standard InChI is InChI=1S/C11H20O4/c1-5-13-10(12)6-8(2)9-7-14-11(3,4)15-9/h8-9H,5-7H2,1-4H3/t8-,9-/m1/s1. The number of hydrogen-bond acceptors (Lipinski definition) is 4. The molecule has 4 nitrogen and oxygen atoms in total. The van der Waals surface area contributed by atoms with Crippen LogP contribution >= 0.6 is 0 Å². The summed E-state index contributed by atoms with van der Waals surface area (Å²) in [5.41, 5.74) is 0. The predicted octanol–water partition coefficient (Wildman–Crippen LogP) is 1.73. The van der Waals surface area contributed by atoms with Gasteiger partial charge in [0.1, 0.15) is 0 Å². The molecule has 0 aromatic rings. The molecule has 0 bridgehead atoms. The quantitative estimate of drug-likeness (QED) is 0.671. The highest BCUT2D eigenvalue weighted by Crippen LogP contribution is 2.28. The molecule has 1 aliphatic rings. The van der Waals surface area contributed by atoms with E-state index in [4.69, 9.17) is 14.2 Å². The van der Waals surface area contributed by atoms with Crippen molar-refractivity contribution in [2.45, 2.75) is 46.0 Å². The fourth-order valence-electron chi connectivity index (χ4n) is 1.61. The van der Waals surface area contributed by atoms with Crippen LogP contribution in [-0.2, 0) is 19.0 Å². The maximum atomic E-state index is 11.3. The fraction of sp³-hybridized carbons (Fsp3) is 0.909. The summed E-state index contributed by atoms with van der Waals surface area (Å²) in [5.74, 6) is -0.558. The first kappa shape index (κ1) is 12.5. The van der Waals surface area contributed by atoms with Gasteiger partial charge < -0.3 is 14.2 Å². The molecule has 0 saturated carbocycles. The van der Waals surface area contributed by atoms with E-state index in [1.807, 2.05) is 20.8 Å². The Morgan fingerprint density at radius 2 is 2.27 bits per heavy atom. The van der Waals surface area contributed by atoms with Crippen LogP contribution in [0.5, 0.6) is 0 Å². The van der Waals surface area contributed by atoms with Crippen LogP contribution in [0, 0.1) is 5.92 Å². The molecule has 0 aliphatic carbocycles. The minimum Gasteiger partial charge on any atom is -0.466 e. The monoisotopic (exact) mass is 216 g/mol. The van der Waals surface area contributed by atoms with Gasteiger partial charge in [-0.05, 0) is 26.7 Å². The fourth-order valence-corrected chi connectivity index (χ4v) is 1.61. The summed E-state index contributed by atoms with van der Waals surface area (Å²) in [5, 5.41) is 0. The van der Waals surface area contributed by atoms with Crippen molar-refractivity contribution in [2.75, 3.05) is 13.2 Å². The zero-order valence-corrected chi connectivity index (χ0v) is 9.91. The second-order valence-electron chi connectivity index (χ2n) is 4.35. The normalized spacial score (nSPS) is 26.3. The summed E-state index contributed by atoms with van der Waals surface area (Å²) in [6.45, 7) is 8.52. The van der Waals surface area contributed by atoms with E-state index in [9.17, 15) is 4.79 Å². The van der Waals surface area contributed by atoms with Gasteiger partial charge in [-0.1, -0.05) is 6.92 Å². The Kier molecular flexibility index (Phi) is 4.11. The van der Waals surface area contributed by atoms with E-state index >= 15 is 0 Å². The summed E-state index contributed by atoms with van der Waals surface area (Å²) >= 11 is 0. The van der Waals surface area contributed by atoms with Gasteiger partial charge in [0.15, 0.2) is 5.79 Å². The van der Waals surface area contributed by atoms with Crippen molar-refractivity contribution in [1.82, 2.24) is 0 Å². The summed E-state index contributed by atoms with van der Waals surface area (Å²) in [6, 6.07) is 0. The number of carbonyl (C=O) groups is 1. The molecule has 0 aromatic heterocycles. The highest BCUT2D eigenvalue weighted by atomic mass is 16.7. The van der Waals surface area contributed by atoms with E-state index in [0.29, 0.717) is 19.6 Å². The Labute approximate surface area is 90.9 Å². The number of esters is 1.